The van der Waals surface area contributed by atoms with E-state index in [0.29, 0.717) is 0 Å². The van der Waals surface area contributed by atoms with Crippen molar-refractivity contribution in [3.05, 3.63) is 26.9 Å². The molecule has 20 heavy (non-hydrogen) atoms. The van der Waals surface area contributed by atoms with Gasteiger partial charge in [0.15, 0.2) is 6.23 Å². The highest BCUT2D eigenvalue weighted by molar-refractivity contribution is 7.71. The lowest BCUT2D eigenvalue weighted by molar-refractivity contribution is -0.207. The fraction of sp³-hybridized carbons (Fsp3) is 0.600. The molecule has 0 unspecified atom stereocenters. The zero-order valence-electron chi connectivity index (χ0n) is 10.1. The standard InChI is InChI=1S/C10H13FN2O6S/c11-10(3-15)6(17)5(16)8(19-10)13-1-4(2-14)7(20)12-9(13)18/h1,5-6,8,14-17H,2-3H2,(H,12,18,20)/t5-,6+,8-,10-/m1/s1. The topological polar surface area (TPSA) is 128 Å². The molecule has 5 N–H and O–H groups in total. The molecule has 4 atom stereocenters. The van der Waals surface area contributed by atoms with Crippen LogP contribution in [-0.4, -0.2) is 54.6 Å². The van der Waals surface area contributed by atoms with Gasteiger partial charge in [0.05, 0.1) is 6.61 Å². The van der Waals surface area contributed by atoms with Crippen molar-refractivity contribution in [1.29, 1.82) is 0 Å². The number of nitrogens with one attached hydrogen (secondary N) is 1. The van der Waals surface area contributed by atoms with Crippen molar-refractivity contribution in [3.8, 4) is 0 Å². The second kappa shape index (κ2) is 5.31. The Balaban J connectivity index is 2.48. The summed E-state index contributed by atoms with van der Waals surface area (Å²) in [5, 5.41) is 37.2. The highest BCUT2D eigenvalue weighted by atomic mass is 32.1. The molecule has 8 nitrogen and oxygen atoms in total. The monoisotopic (exact) mass is 308 g/mol. The van der Waals surface area contributed by atoms with E-state index in [0.717, 1.165) is 10.8 Å². The van der Waals surface area contributed by atoms with E-state index in [2.05, 4.69) is 4.98 Å². The number of aromatic nitrogens is 2. The van der Waals surface area contributed by atoms with Crippen LogP contribution < -0.4 is 5.69 Å². The Morgan fingerprint density at radius 3 is 2.65 bits per heavy atom. The molecule has 0 bridgehead atoms. The van der Waals surface area contributed by atoms with E-state index in [9.17, 15) is 19.4 Å². The molecule has 112 valence electrons. The number of hydrogen-bond donors (Lipinski definition) is 5. The number of halogens is 1. The minimum absolute atomic E-state index is 0.00421. The Kier molecular flexibility index (Phi) is 4.04. The summed E-state index contributed by atoms with van der Waals surface area (Å²) < 4.78 is 19.4. The summed E-state index contributed by atoms with van der Waals surface area (Å²) in [4.78, 5) is 14.0. The Bertz CT molecular complexity index is 619. The van der Waals surface area contributed by atoms with Crippen LogP contribution in [-0.2, 0) is 11.3 Å². The van der Waals surface area contributed by atoms with Gasteiger partial charge in [-0.2, -0.15) is 0 Å². The maximum absolute atomic E-state index is 13.9. The molecule has 2 heterocycles. The molecule has 0 radical (unpaired) electrons. The predicted molar refractivity (Wildman–Crippen MR) is 64.9 cm³/mol. The van der Waals surface area contributed by atoms with Crippen molar-refractivity contribution < 1.29 is 29.6 Å². The number of H-pyrrole nitrogens is 1. The van der Waals surface area contributed by atoms with Crippen LogP contribution in [0.4, 0.5) is 4.39 Å². The van der Waals surface area contributed by atoms with E-state index in [1.54, 1.807) is 0 Å². The van der Waals surface area contributed by atoms with Gasteiger partial charge in [0.1, 0.15) is 23.5 Å². The Morgan fingerprint density at radius 1 is 1.50 bits per heavy atom. The first-order chi connectivity index (χ1) is 9.34. The first kappa shape index (κ1) is 15.2. The van der Waals surface area contributed by atoms with E-state index in [-0.39, 0.29) is 10.2 Å². The number of nitrogens with zero attached hydrogens (tertiary/aromatic N) is 1. The van der Waals surface area contributed by atoms with Gasteiger partial charge in [-0.25, -0.2) is 9.18 Å². The zero-order chi connectivity index (χ0) is 15.1. The summed E-state index contributed by atoms with van der Waals surface area (Å²) in [6.07, 6.45) is -4.28. The van der Waals surface area contributed by atoms with Crippen molar-refractivity contribution in [3.63, 3.8) is 0 Å². The van der Waals surface area contributed by atoms with Crippen molar-refractivity contribution in [2.45, 2.75) is 30.9 Å². The minimum Gasteiger partial charge on any atom is -0.392 e. The average molecular weight is 308 g/mol. The molecule has 1 aliphatic rings. The Labute approximate surface area is 116 Å². The fourth-order valence-corrected chi connectivity index (χ4v) is 2.14. The summed E-state index contributed by atoms with van der Waals surface area (Å²) in [6.45, 7) is -1.67. The number of aromatic amines is 1. The molecular weight excluding hydrogens is 295 g/mol. The lowest BCUT2D eigenvalue weighted by Gasteiger charge is -2.20. The van der Waals surface area contributed by atoms with Crippen molar-refractivity contribution in [1.82, 2.24) is 9.55 Å². The third kappa shape index (κ3) is 2.30. The van der Waals surface area contributed by atoms with E-state index >= 15 is 0 Å². The van der Waals surface area contributed by atoms with E-state index < -0.39 is 43.2 Å². The molecule has 1 saturated heterocycles. The lowest BCUT2D eigenvalue weighted by atomic mass is 10.1. The van der Waals surface area contributed by atoms with Crippen molar-refractivity contribution in [2.75, 3.05) is 6.61 Å². The van der Waals surface area contributed by atoms with Gasteiger partial charge in [0.25, 0.3) is 5.85 Å². The van der Waals surface area contributed by atoms with E-state index in [4.69, 9.17) is 27.2 Å². The summed E-state index contributed by atoms with van der Waals surface area (Å²) in [5.74, 6) is -2.88. The quantitative estimate of drug-likeness (QED) is 0.421. The molecule has 2 rings (SSSR count). The van der Waals surface area contributed by atoms with Gasteiger partial charge < -0.3 is 25.2 Å². The maximum atomic E-state index is 13.9. The van der Waals surface area contributed by atoms with Crippen molar-refractivity contribution >= 4 is 12.2 Å². The fourth-order valence-electron chi connectivity index (χ4n) is 1.93. The molecule has 0 amide bonds. The van der Waals surface area contributed by atoms with Gasteiger partial charge in [0.2, 0.25) is 0 Å². The third-order valence-corrected chi connectivity index (χ3v) is 3.44. The number of rotatable bonds is 3. The first-order valence-electron chi connectivity index (χ1n) is 5.63. The van der Waals surface area contributed by atoms with Gasteiger partial charge in [-0.15, -0.1) is 0 Å². The van der Waals surface area contributed by atoms with Crippen LogP contribution in [0.15, 0.2) is 11.0 Å². The molecule has 0 saturated carbocycles. The number of ether oxygens (including phenoxy) is 1. The van der Waals surface area contributed by atoms with Crippen LogP contribution in [0.25, 0.3) is 0 Å². The largest absolute Gasteiger partial charge is 0.392 e. The van der Waals surface area contributed by atoms with Crippen LogP contribution in [0.1, 0.15) is 11.8 Å². The maximum Gasteiger partial charge on any atom is 0.328 e. The van der Waals surface area contributed by atoms with Crippen LogP contribution in [0.5, 0.6) is 0 Å². The summed E-state index contributed by atoms with van der Waals surface area (Å²) in [6, 6.07) is 0. The highest BCUT2D eigenvalue weighted by Gasteiger charge is 2.55. The Hall–Kier alpha value is -1.17. The van der Waals surface area contributed by atoms with E-state index in [1.807, 2.05) is 0 Å². The first-order valence-corrected chi connectivity index (χ1v) is 6.04. The normalized spacial score (nSPS) is 33.5. The molecular formula is C10H13FN2O6S. The van der Waals surface area contributed by atoms with Crippen LogP contribution in [0, 0.1) is 4.64 Å². The van der Waals surface area contributed by atoms with Gasteiger partial charge in [-0.3, -0.25) is 9.55 Å². The molecule has 0 aliphatic carbocycles. The SMILES string of the molecule is O=c1[nH]c(=S)c(CO)cn1[C@@H]1O[C@](F)(CO)[C@@H](O)[C@H]1O. The van der Waals surface area contributed by atoms with Crippen molar-refractivity contribution in [2.24, 2.45) is 0 Å². The second-order valence-corrected chi connectivity index (χ2v) is 4.78. The molecule has 1 aromatic heterocycles. The molecule has 1 aromatic rings. The molecule has 0 spiro atoms. The van der Waals surface area contributed by atoms with Crippen LogP contribution >= 0.6 is 12.2 Å². The zero-order valence-corrected chi connectivity index (χ0v) is 10.9. The number of aliphatic hydroxyl groups excluding tert-OH is 4. The summed E-state index contributed by atoms with van der Waals surface area (Å²) >= 11 is 4.80. The second-order valence-electron chi connectivity index (χ2n) is 4.37. The Morgan fingerprint density at radius 2 is 2.15 bits per heavy atom. The highest BCUT2D eigenvalue weighted by Crippen LogP contribution is 2.37. The number of hydrogen-bond acceptors (Lipinski definition) is 7. The summed E-state index contributed by atoms with van der Waals surface area (Å²) in [7, 11) is 0. The lowest BCUT2D eigenvalue weighted by Crippen LogP contribution is -2.42. The van der Waals surface area contributed by atoms with Gasteiger partial charge in [-0.05, 0) is 0 Å². The molecule has 0 aromatic carbocycles. The molecule has 10 heteroatoms. The van der Waals surface area contributed by atoms with Crippen LogP contribution in [0.2, 0.25) is 0 Å². The van der Waals surface area contributed by atoms with E-state index in [1.165, 1.54) is 0 Å². The van der Waals surface area contributed by atoms with Gasteiger partial charge >= 0.3 is 5.69 Å². The predicted octanol–water partition coefficient (Wildman–Crippen LogP) is -1.69. The van der Waals surface area contributed by atoms with Crippen LogP contribution in [0.3, 0.4) is 0 Å². The molecule has 1 aliphatic heterocycles. The number of alkyl halides is 1. The average Bonchev–Trinajstić information content (AvgIpc) is 2.64. The minimum atomic E-state index is -2.88. The summed E-state index contributed by atoms with van der Waals surface area (Å²) in [5.41, 5.74) is -0.657. The third-order valence-electron chi connectivity index (χ3n) is 3.08. The smallest absolute Gasteiger partial charge is 0.328 e. The number of aliphatic hydroxyl groups is 4. The molecule has 1 fully saturated rings. The van der Waals surface area contributed by atoms with Gasteiger partial charge in [0, 0.05) is 11.8 Å². The van der Waals surface area contributed by atoms with Gasteiger partial charge in [-0.1, -0.05) is 12.2 Å².